The standard InChI is InChI=1S/C36H49N7O8S2/c1-35(2,49)29-20-38-41-43(29)24-19-28(33(47)40-36(30(44)31(37)45)14-16-52-17-15-36)42(21-24)34(48)27(18-22-6-4-3-5-7-22)39-32(46)23-8-10-25(11-9-23)53(50,51)26-12-13-26/h8-11,20,22,24,26-28,49H,3-7,12-19,21H2,1-2H3,(H2,37,45)(H,39,46)(H,40,47)/t24?,27-,28?/m1/s1. The van der Waals surface area contributed by atoms with Crippen molar-refractivity contribution in [3.8, 4) is 0 Å². The zero-order valence-corrected chi connectivity index (χ0v) is 31.8. The van der Waals surface area contributed by atoms with E-state index in [1.165, 1.54) is 40.0 Å². The molecule has 3 atom stereocenters. The molecule has 3 heterocycles. The maximum Gasteiger partial charge on any atom is 0.287 e. The van der Waals surface area contributed by atoms with Gasteiger partial charge in [-0.2, -0.15) is 11.8 Å². The smallest absolute Gasteiger partial charge is 0.287 e. The number of primary amides is 1. The molecule has 2 aliphatic carbocycles. The Bertz CT molecular complexity index is 1830. The van der Waals surface area contributed by atoms with Crippen molar-refractivity contribution in [3.05, 3.63) is 41.7 Å². The number of Topliss-reactive ketones (excluding diaryl/α,β-unsaturated/α-hetero) is 1. The zero-order chi connectivity index (χ0) is 38.1. The number of nitrogens with one attached hydrogen (secondary N) is 2. The van der Waals surface area contributed by atoms with Gasteiger partial charge >= 0.3 is 0 Å². The second kappa shape index (κ2) is 15.5. The zero-order valence-electron chi connectivity index (χ0n) is 30.2. The third-order valence-corrected chi connectivity index (χ3v) is 14.3. The fourth-order valence-electron chi connectivity index (χ4n) is 7.90. The largest absolute Gasteiger partial charge is 0.384 e. The lowest BCUT2D eigenvalue weighted by molar-refractivity contribution is -0.145. The van der Waals surface area contributed by atoms with Crippen molar-refractivity contribution >= 4 is 51.0 Å². The molecular weight excluding hydrogens is 723 g/mol. The number of hydrogen-bond donors (Lipinski definition) is 4. The topological polar surface area (TPSA) is 224 Å². The summed E-state index contributed by atoms with van der Waals surface area (Å²) >= 11 is 1.59. The molecule has 2 aliphatic heterocycles. The van der Waals surface area contributed by atoms with Crippen LogP contribution in [0.5, 0.6) is 0 Å². The number of sulfone groups is 1. The van der Waals surface area contributed by atoms with E-state index in [0.717, 1.165) is 32.1 Å². The summed E-state index contributed by atoms with van der Waals surface area (Å²) in [5.74, 6) is -2.56. The third-order valence-electron chi connectivity index (χ3n) is 11.1. The van der Waals surface area contributed by atoms with Crippen LogP contribution in [0, 0.1) is 5.92 Å². The first-order valence-corrected chi connectivity index (χ1v) is 21.1. The highest BCUT2D eigenvalue weighted by molar-refractivity contribution is 7.99. The first kappa shape index (κ1) is 38.9. The Hall–Kier alpha value is -3.83. The van der Waals surface area contributed by atoms with Crippen molar-refractivity contribution < 1.29 is 37.5 Å². The van der Waals surface area contributed by atoms with Crippen LogP contribution in [0.2, 0.25) is 0 Å². The molecule has 1 aromatic carbocycles. The second-order valence-electron chi connectivity index (χ2n) is 15.4. The molecule has 6 rings (SSSR count). The molecule has 288 valence electrons. The Morgan fingerprint density at radius 2 is 1.70 bits per heavy atom. The summed E-state index contributed by atoms with van der Waals surface area (Å²) in [5, 5.41) is 24.4. The molecule has 0 radical (unpaired) electrons. The van der Waals surface area contributed by atoms with Crippen molar-refractivity contribution in [2.45, 2.75) is 124 Å². The van der Waals surface area contributed by atoms with Gasteiger partial charge in [0.25, 0.3) is 11.8 Å². The van der Waals surface area contributed by atoms with E-state index in [9.17, 15) is 37.5 Å². The summed E-state index contributed by atoms with van der Waals surface area (Å²) in [5.41, 5.74) is 3.15. The summed E-state index contributed by atoms with van der Waals surface area (Å²) in [6.07, 6.45) is 8.26. The Labute approximate surface area is 313 Å². The van der Waals surface area contributed by atoms with Crippen molar-refractivity contribution in [1.29, 1.82) is 0 Å². The summed E-state index contributed by atoms with van der Waals surface area (Å²) in [6.45, 7) is 3.14. The number of thioether (sulfide) groups is 1. The minimum atomic E-state index is -3.46. The van der Waals surface area contributed by atoms with Crippen LogP contribution in [0.4, 0.5) is 0 Å². The molecule has 1 aromatic heterocycles. The molecule has 2 aromatic rings. The lowest BCUT2D eigenvalue weighted by atomic mass is 9.84. The molecule has 17 heteroatoms. The number of ketones is 1. The number of carbonyl (C=O) groups excluding carboxylic acids is 5. The minimum absolute atomic E-state index is 0.0132. The fraction of sp³-hybridized carbons (Fsp3) is 0.639. The highest BCUT2D eigenvalue weighted by atomic mass is 32.2. The Balaban J connectivity index is 1.31. The van der Waals surface area contributed by atoms with Gasteiger partial charge in [-0.05, 0) is 87.6 Å². The average molecular weight is 772 g/mol. The van der Waals surface area contributed by atoms with Gasteiger partial charge in [-0.3, -0.25) is 24.0 Å². The van der Waals surface area contributed by atoms with Gasteiger partial charge in [-0.15, -0.1) is 5.10 Å². The quantitative estimate of drug-likeness (QED) is 0.215. The van der Waals surface area contributed by atoms with Crippen LogP contribution in [-0.2, 0) is 34.6 Å². The van der Waals surface area contributed by atoms with E-state index in [1.54, 1.807) is 25.6 Å². The van der Waals surface area contributed by atoms with Crippen molar-refractivity contribution in [3.63, 3.8) is 0 Å². The molecule has 2 unspecified atom stereocenters. The monoisotopic (exact) mass is 771 g/mol. The molecule has 4 aliphatic rings. The molecule has 2 saturated carbocycles. The number of carbonyl (C=O) groups is 5. The van der Waals surface area contributed by atoms with Crippen LogP contribution < -0.4 is 16.4 Å². The average Bonchev–Trinajstić information content (AvgIpc) is 3.71. The molecular formula is C36H49N7O8S2. The van der Waals surface area contributed by atoms with Crippen molar-refractivity contribution in [1.82, 2.24) is 30.5 Å². The maximum absolute atomic E-state index is 14.8. The predicted octanol–water partition coefficient (Wildman–Crippen LogP) is 1.79. The summed E-state index contributed by atoms with van der Waals surface area (Å²) in [4.78, 5) is 69.7. The number of likely N-dealkylation sites (tertiary alicyclic amines) is 1. The Morgan fingerprint density at radius 1 is 1.04 bits per heavy atom. The fourth-order valence-corrected chi connectivity index (χ4v) is 10.8. The van der Waals surface area contributed by atoms with Gasteiger partial charge < -0.3 is 26.4 Å². The number of aliphatic hydroxyl groups is 1. The number of benzene rings is 1. The molecule has 4 fully saturated rings. The van der Waals surface area contributed by atoms with E-state index < -0.39 is 73.8 Å². The predicted molar refractivity (Wildman–Crippen MR) is 195 cm³/mol. The molecule has 53 heavy (non-hydrogen) atoms. The van der Waals surface area contributed by atoms with Crippen molar-refractivity contribution in [2.24, 2.45) is 11.7 Å². The molecule has 5 N–H and O–H groups in total. The summed E-state index contributed by atoms with van der Waals surface area (Å²) in [7, 11) is -3.46. The minimum Gasteiger partial charge on any atom is -0.384 e. The van der Waals surface area contributed by atoms with Crippen molar-refractivity contribution in [2.75, 3.05) is 18.1 Å². The number of aromatic nitrogens is 3. The van der Waals surface area contributed by atoms with E-state index in [-0.39, 0.29) is 42.2 Å². The summed E-state index contributed by atoms with van der Waals surface area (Å²) in [6, 6.07) is 2.94. The van der Waals surface area contributed by atoms with Gasteiger partial charge in [-0.1, -0.05) is 37.3 Å². The number of amides is 4. The molecule has 4 amide bonds. The van der Waals surface area contributed by atoms with Gasteiger partial charge in [0.2, 0.25) is 17.6 Å². The SMILES string of the molecule is CC(C)(O)c1cnnn1C1CC(C(=O)NC2(C(=O)C(N)=O)CCSCC2)N(C(=O)[C@@H](CC2CCCCC2)NC(=O)c2ccc(S(=O)(=O)C3CC3)cc2)C1. The van der Waals surface area contributed by atoms with Gasteiger partial charge in [0.15, 0.2) is 9.84 Å². The maximum atomic E-state index is 14.8. The third kappa shape index (κ3) is 8.46. The molecule has 0 bridgehead atoms. The Kier molecular flexibility index (Phi) is 11.4. The van der Waals surface area contributed by atoms with E-state index in [2.05, 4.69) is 20.9 Å². The van der Waals surface area contributed by atoms with Gasteiger partial charge in [-0.25, -0.2) is 13.1 Å². The number of hydrogen-bond acceptors (Lipinski definition) is 11. The first-order valence-electron chi connectivity index (χ1n) is 18.4. The number of nitrogens with two attached hydrogens (primary N) is 1. The lowest BCUT2D eigenvalue weighted by Gasteiger charge is -2.37. The first-order chi connectivity index (χ1) is 25.1. The highest BCUT2D eigenvalue weighted by Gasteiger charge is 2.49. The van der Waals surface area contributed by atoms with Crippen LogP contribution in [0.1, 0.15) is 107 Å². The summed E-state index contributed by atoms with van der Waals surface area (Å²) < 4.78 is 27.0. The van der Waals surface area contributed by atoms with E-state index in [4.69, 9.17) is 5.73 Å². The van der Waals surface area contributed by atoms with E-state index >= 15 is 0 Å². The molecule has 2 saturated heterocycles. The van der Waals surface area contributed by atoms with Gasteiger partial charge in [0.1, 0.15) is 23.2 Å². The van der Waals surface area contributed by atoms with Gasteiger partial charge in [0, 0.05) is 18.5 Å². The van der Waals surface area contributed by atoms with E-state index in [0.29, 0.717) is 36.5 Å². The molecule has 15 nitrogen and oxygen atoms in total. The van der Waals surface area contributed by atoms with Crippen LogP contribution in [0.25, 0.3) is 0 Å². The van der Waals surface area contributed by atoms with Gasteiger partial charge in [0.05, 0.1) is 28.1 Å². The van der Waals surface area contributed by atoms with Crippen LogP contribution in [-0.4, -0.2) is 104 Å². The lowest BCUT2D eigenvalue weighted by Crippen LogP contribution is -2.63. The number of rotatable bonds is 13. The normalized spacial score (nSPS) is 22.9. The highest BCUT2D eigenvalue weighted by Crippen LogP contribution is 2.36. The van der Waals surface area contributed by atoms with E-state index in [1.807, 2.05) is 0 Å². The number of nitrogens with zero attached hydrogens (tertiary/aromatic N) is 4. The molecule has 0 spiro atoms. The van der Waals surface area contributed by atoms with Crippen LogP contribution in [0.15, 0.2) is 35.4 Å². The Morgan fingerprint density at radius 3 is 2.30 bits per heavy atom. The van der Waals surface area contributed by atoms with Crippen LogP contribution >= 0.6 is 11.8 Å². The second-order valence-corrected chi connectivity index (χ2v) is 18.9. The van der Waals surface area contributed by atoms with Crippen LogP contribution in [0.3, 0.4) is 0 Å².